The van der Waals surface area contributed by atoms with Gasteiger partial charge in [-0.1, -0.05) is 46.0 Å². The van der Waals surface area contributed by atoms with Gasteiger partial charge in [0.15, 0.2) is 22.7 Å². The number of hydrogen-bond donors (Lipinski definition) is 1. The first-order chi connectivity index (χ1) is 15.9. The Bertz CT molecular complexity index is 1150. The van der Waals surface area contributed by atoms with Gasteiger partial charge in [-0.05, 0) is 42.3 Å². The van der Waals surface area contributed by atoms with E-state index in [1.54, 1.807) is 32.2 Å². The van der Waals surface area contributed by atoms with Gasteiger partial charge in [-0.2, -0.15) is 17.4 Å². The molecule has 1 atom stereocenters. The Balaban J connectivity index is 1.56. The van der Waals surface area contributed by atoms with Crippen LogP contribution in [0.15, 0.2) is 35.5 Å². The molecule has 0 aromatic heterocycles. The molecule has 5 nitrogen and oxygen atoms in total. The maximum absolute atomic E-state index is 14.2. The summed E-state index contributed by atoms with van der Waals surface area (Å²) < 4.78 is 48.0. The largest absolute Gasteiger partial charge is 0.435 e. The Morgan fingerprint density at radius 3 is 2.41 bits per heavy atom. The second kappa shape index (κ2) is 9.43. The zero-order valence-corrected chi connectivity index (χ0v) is 21.0. The van der Waals surface area contributed by atoms with Gasteiger partial charge in [-0.25, -0.2) is 0 Å². The third kappa shape index (κ3) is 4.60. The third-order valence-electron chi connectivity index (χ3n) is 5.79. The Hall–Kier alpha value is -1.65. The van der Waals surface area contributed by atoms with E-state index in [-0.39, 0.29) is 49.5 Å². The highest BCUT2D eigenvalue weighted by Crippen LogP contribution is 2.50. The molecule has 0 spiro atoms. The van der Waals surface area contributed by atoms with E-state index in [0.29, 0.717) is 16.7 Å². The van der Waals surface area contributed by atoms with Crippen molar-refractivity contribution >= 4 is 57.6 Å². The van der Waals surface area contributed by atoms with Crippen molar-refractivity contribution in [1.82, 2.24) is 5.32 Å². The molecule has 2 aromatic carbocycles. The normalized spacial score (nSPS) is 24.3. The summed E-state index contributed by atoms with van der Waals surface area (Å²) in [6.07, 6.45) is -5.42. The van der Waals surface area contributed by atoms with Crippen molar-refractivity contribution in [1.29, 1.82) is 0 Å². The molecule has 0 unspecified atom stereocenters. The minimum atomic E-state index is -4.82. The highest BCUT2D eigenvalue weighted by atomic mass is 35.5. The molecule has 12 heteroatoms. The lowest BCUT2D eigenvalue weighted by molar-refractivity contribution is -0.275. The van der Waals surface area contributed by atoms with E-state index in [1.165, 1.54) is 0 Å². The maximum atomic E-state index is 14.2. The summed E-state index contributed by atoms with van der Waals surface area (Å²) >= 11 is 17.7. The van der Waals surface area contributed by atoms with E-state index >= 15 is 0 Å². The van der Waals surface area contributed by atoms with Crippen molar-refractivity contribution in [2.45, 2.75) is 31.2 Å². The first kappa shape index (κ1) is 25.4. The molecule has 1 N–H and O–H groups in total. The molecule has 182 valence electrons. The number of aryl methyl sites for hydroxylation is 1. The number of nitrogens with zero attached hydrogens (tertiary/aromatic N) is 1. The minimum Gasteiger partial charge on any atom is -0.374 e. The number of nitrogens with one attached hydrogen (secondary N) is 1. The van der Waals surface area contributed by atoms with Crippen LogP contribution in [0, 0.1) is 6.92 Å². The number of benzene rings is 2. The van der Waals surface area contributed by atoms with Gasteiger partial charge in [0.1, 0.15) is 6.04 Å². The van der Waals surface area contributed by atoms with Crippen molar-refractivity contribution in [3.63, 3.8) is 0 Å². The molecule has 1 fully saturated rings. The summed E-state index contributed by atoms with van der Waals surface area (Å²) in [6.45, 7) is 1.71. The van der Waals surface area contributed by atoms with Crippen LogP contribution in [0.25, 0.3) is 0 Å². The van der Waals surface area contributed by atoms with Gasteiger partial charge in [0, 0.05) is 17.5 Å². The van der Waals surface area contributed by atoms with Gasteiger partial charge in [0.2, 0.25) is 0 Å². The number of rotatable bonds is 5. The number of oxime groups is 1. The van der Waals surface area contributed by atoms with Crippen LogP contribution in [0.4, 0.5) is 13.2 Å². The van der Waals surface area contributed by atoms with Crippen LogP contribution in [0.1, 0.15) is 33.5 Å². The number of alkyl halides is 3. The fourth-order valence-corrected chi connectivity index (χ4v) is 5.66. The monoisotopic (exact) mass is 553 g/mol. The van der Waals surface area contributed by atoms with Crippen molar-refractivity contribution in [2.24, 2.45) is 5.16 Å². The molecule has 1 amide bonds. The van der Waals surface area contributed by atoms with Gasteiger partial charge in [-0.3, -0.25) is 4.79 Å². The molecular weight excluding hydrogens is 536 g/mol. The molecule has 4 rings (SSSR count). The van der Waals surface area contributed by atoms with Crippen molar-refractivity contribution in [2.75, 3.05) is 18.6 Å². The standard InChI is InChI=1S/C22H18Cl3F3N2O3S/c1-11-5-12(3-4-15(11)20(31)29-14-9-34(10-14)32-2)18-8-21(33-30-18,22(26,27)28)13-6-16(23)19(25)17(24)7-13/h3-7,14H,8-10H2,1-2H3/p+1/t14?,21-,34?/m0/s1. The van der Waals surface area contributed by atoms with Crippen molar-refractivity contribution in [3.05, 3.63) is 67.7 Å². The van der Waals surface area contributed by atoms with Gasteiger partial charge in [0.25, 0.3) is 11.5 Å². The number of carbonyl (C=O) groups excluding carboxylic acids is 1. The Kier molecular flexibility index (Phi) is 7.05. The molecule has 0 saturated carbocycles. The van der Waals surface area contributed by atoms with Crippen molar-refractivity contribution in [3.8, 4) is 0 Å². The van der Waals surface area contributed by atoms with Crippen molar-refractivity contribution < 1.29 is 27.0 Å². The third-order valence-corrected chi connectivity index (χ3v) is 9.00. The van der Waals surface area contributed by atoms with Gasteiger partial charge >= 0.3 is 6.18 Å². The first-order valence-electron chi connectivity index (χ1n) is 10.1. The predicted molar refractivity (Wildman–Crippen MR) is 128 cm³/mol. The fraction of sp³-hybridized carbons (Fsp3) is 0.364. The molecule has 2 aliphatic rings. The summed E-state index contributed by atoms with van der Waals surface area (Å²) in [7, 11) is 1.64. The quantitative estimate of drug-likeness (QED) is 0.374. The number of amides is 1. The average molecular weight is 555 g/mol. The molecule has 0 radical (unpaired) electrons. The molecule has 1 saturated heterocycles. The zero-order chi connectivity index (χ0) is 24.8. The van der Waals surface area contributed by atoms with Crippen LogP contribution >= 0.6 is 34.8 Å². The number of carbonyl (C=O) groups is 1. The maximum Gasteiger partial charge on any atom is 0.435 e. The van der Waals surface area contributed by atoms with E-state index in [1.807, 2.05) is 0 Å². The van der Waals surface area contributed by atoms with Crippen LogP contribution in [0.5, 0.6) is 0 Å². The van der Waals surface area contributed by atoms with Crippen LogP contribution in [0.3, 0.4) is 0 Å². The molecule has 2 aliphatic heterocycles. The van der Waals surface area contributed by atoms with Crippen LogP contribution in [-0.2, 0) is 25.8 Å². The highest BCUT2D eigenvalue weighted by molar-refractivity contribution is 7.93. The van der Waals surface area contributed by atoms with Gasteiger partial charge in [-0.15, -0.1) is 0 Å². The molecule has 2 heterocycles. The Morgan fingerprint density at radius 2 is 1.85 bits per heavy atom. The SMILES string of the molecule is CO[S+]1CC(NC(=O)c2ccc(C3=NO[C@@](c4cc(Cl)c(Cl)c(Cl)c4)(C(F)(F)F)C3)cc2C)C1. The van der Waals surface area contributed by atoms with E-state index in [4.69, 9.17) is 43.8 Å². The van der Waals surface area contributed by atoms with Gasteiger partial charge < -0.3 is 10.2 Å². The average Bonchev–Trinajstić information content (AvgIpc) is 3.20. The highest BCUT2D eigenvalue weighted by Gasteiger charge is 2.62. The molecule has 0 aliphatic carbocycles. The van der Waals surface area contributed by atoms with E-state index in [9.17, 15) is 18.0 Å². The molecule has 0 bridgehead atoms. The fourth-order valence-electron chi connectivity index (χ4n) is 3.83. The summed E-state index contributed by atoms with van der Waals surface area (Å²) in [4.78, 5) is 17.7. The second-order valence-electron chi connectivity index (χ2n) is 8.02. The summed E-state index contributed by atoms with van der Waals surface area (Å²) in [5.74, 6) is 1.30. The Labute approximate surface area is 212 Å². The molecule has 34 heavy (non-hydrogen) atoms. The molecular formula is C22H19Cl3F3N2O3S+. The Morgan fingerprint density at radius 1 is 1.21 bits per heavy atom. The summed E-state index contributed by atoms with van der Waals surface area (Å²) in [6, 6.07) is 6.95. The van der Waals surface area contributed by atoms with Crippen LogP contribution in [-0.4, -0.2) is 42.5 Å². The summed E-state index contributed by atoms with van der Waals surface area (Å²) in [5, 5.41) is 6.40. The lowest BCUT2D eigenvalue weighted by atomic mass is 9.86. The van der Waals surface area contributed by atoms with E-state index in [2.05, 4.69) is 10.5 Å². The van der Waals surface area contributed by atoms with E-state index in [0.717, 1.165) is 23.6 Å². The number of halogens is 6. The predicted octanol–water partition coefficient (Wildman–Crippen LogP) is 5.83. The molecule has 2 aromatic rings. The lowest BCUT2D eigenvalue weighted by Gasteiger charge is -2.30. The second-order valence-corrected chi connectivity index (χ2v) is 11.1. The lowest BCUT2D eigenvalue weighted by Crippen LogP contribution is -2.53. The zero-order valence-electron chi connectivity index (χ0n) is 17.9. The van der Waals surface area contributed by atoms with Gasteiger partial charge in [0.05, 0.1) is 27.9 Å². The van der Waals surface area contributed by atoms with Crippen LogP contribution < -0.4 is 5.32 Å². The van der Waals surface area contributed by atoms with E-state index < -0.39 is 18.2 Å². The minimum absolute atomic E-state index is 0.0480. The topological polar surface area (TPSA) is 59.9 Å². The smallest absolute Gasteiger partial charge is 0.374 e. The van der Waals surface area contributed by atoms with Crippen LogP contribution in [0.2, 0.25) is 15.1 Å². The number of hydrogen-bond acceptors (Lipinski definition) is 4. The summed E-state index contributed by atoms with van der Waals surface area (Å²) in [5.41, 5.74) is -1.54. The first-order valence-corrected chi connectivity index (χ1v) is 12.7.